The zero-order valence-corrected chi connectivity index (χ0v) is 17.0. The first-order valence-electron chi connectivity index (χ1n) is 9.33. The normalized spacial score (nSPS) is 15.1. The predicted octanol–water partition coefficient (Wildman–Crippen LogP) is 2.47. The number of halogens is 3. The number of allylic oxidation sites excluding steroid dienone is 1. The second-order valence-corrected chi connectivity index (χ2v) is 7.06. The van der Waals surface area contributed by atoms with E-state index in [9.17, 15) is 27.9 Å². The van der Waals surface area contributed by atoms with Crippen molar-refractivity contribution >= 4 is 11.5 Å². The monoisotopic (exact) mass is 432 g/mol. The fraction of sp³-hybridized carbons (Fsp3) is 0.318. The summed E-state index contributed by atoms with van der Waals surface area (Å²) in [6.45, 7) is 3.35. The van der Waals surface area contributed by atoms with Crippen LogP contribution in [0.25, 0.3) is 5.57 Å². The molecule has 2 aromatic heterocycles. The van der Waals surface area contributed by atoms with Crippen LogP contribution in [0, 0.1) is 11.8 Å². The van der Waals surface area contributed by atoms with Crippen LogP contribution >= 0.6 is 0 Å². The Hall–Kier alpha value is -3.38. The van der Waals surface area contributed by atoms with Gasteiger partial charge in [-0.2, -0.15) is 13.2 Å². The van der Waals surface area contributed by atoms with Gasteiger partial charge in [-0.05, 0) is 25.8 Å². The van der Waals surface area contributed by atoms with Gasteiger partial charge in [0.05, 0.1) is 12.2 Å². The summed E-state index contributed by atoms with van der Waals surface area (Å²) in [5, 5.41) is 10.5. The van der Waals surface area contributed by atoms with Crippen LogP contribution in [0.2, 0.25) is 0 Å². The maximum atomic E-state index is 13.8. The molecule has 0 amide bonds. The molecule has 0 spiro atoms. The van der Waals surface area contributed by atoms with Gasteiger partial charge in [0.1, 0.15) is 0 Å². The third kappa shape index (κ3) is 3.86. The van der Waals surface area contributed by atoms with Gasteiger partial charge in [-0.3, -0.25) is 9.78 Å². The molecule has 0 saturated heterocycles. The van der Waals surface area contributed by atoms with Crippen LogP contribution in [0.4, 0.5) is 13.2 Å². The Labute approximate surface area is 176 Å². The van der Waals surface area contributed by atoms with Gasteiger partial charge in [-0.25, -0.2) is 4.79 Å². The number of esters is 1. The van der Waals surface area contributed by atoms with Crippen molar-refractivity contribution in [2.24, 2.45) is 7.05 Å². The highest BCUT2D eigenvalue weighted by molar-refractivity contribution is 6.19. The molecule has 0 saturated carbocycles. The molecule has 31 heavy (non-hydrogen) atoms. The van der Waals surface area contributed by atoms with E-state index in [0.29, 0.717) is 5.57 Å². The van der Waals surface area contributed by atoms with Crippen molar-refractivity contribution in [3.05, 3.63) is 68.9 Å². The number of pyridine rings is 2. The zero-order chi connectivity index (χ0) is 23.0. The minimum Gasteiger partial charge on any atom is -0.462 e. The number of fused-ring (bicyclic) bond motifs is 1. The molecular weight excluding hydrogens is 413 g/mol. The first-order chi connectivity index (χ1) is 14.5. The lowest BCUT2D eigenvalue weighted by molar-refractivity contribution is -0.240. The number of alkyl halides is 3. The summed E-state index contributed by atoms with van der Waals surface area (Å²) >= 11 is 0. The summed E-state index contributed by atoms with van der Waals surface area (Å²) in [5.74, 6) is 3.57. The zero-order valence-electron chi connectivity index (χ0n) is 17.0. The van der Waals surface area contributed by atoms with E-state index in [1.165, 1.54) is 30.1 Å². The highest BCUT2D eigenvalue weighted by atomic mass is 19.4. The lowest BCUT2D eigenvalue weighted by Gasteiger charge is -2.25. The Kier molecular flexibility index (Phi) is 5.79. The van der Waals surface area contributed by atoms with Crippen molar-refractivity contribution in [3.63, 3.8) is 0 Å². The van der Waals surface area contributed by atoms with E-state index in [0.717, 1.165) is 12.3 Å². The van der Waals surface area contributed by atoms with E-state index in [1.54, 1.807) is 13.8 Å². The van der Waals surface area contributed by atoms with Crippen LogP contribution in [0.15, 0.2) is 41.1 Å². The molecule has 1 aliphatic carbocycles. The minimum absolute atomic E-state index is 0.00330. The maximum Gasteiger partial charge on any atom is 0.433 e. The molecule has 0 radical (unpaired) electrons. The molecule has 3 rings (SSSR count). The highest BCUT2D eigenvalue weighted by Crippen LogP contribution is 2.39. The van der Waals surface area contributed by atoms with E-state index in [2.05, 4.69) is 10.9 Å². The average Bonchev–Trinajstić information content (AvgIpc) is 3.07. The lowest BCUT2D eigenvalue weighted by Crippen LogP contribution is -2.41. The Balaban J connectivity index is 2.24. The fourth-order valence-corrected chi connectivity index (χ4v) is 3.43. The fourth-order valence-electron chi connectivity index (χ4n) is 3.43. The van der Waals surface area contributed by atoms with Crippen molar-refractivity contribution in [2.45, 2.75) is 32.0 Å². The van der Waals surface area contributed by atoms with Crippen molar-refractivity contribution < 1.29 is 27.8 Å². The maximum absolute atomic E-state index is 13.8. The summed E-state index contributed by atoms with van der Waals surface area (Å²) in [5.41, 5.74) is -3.39. The molecule has 1 N–H and O–H groups in total. The molecule has 0 bridgehead atoms. The SMILES string of the molecule is CCOC(=O)C1=C(C)Cc2c1c(C#CC(O)(c1cccnc1)C(F)(F)F)cn(C)c2=O. The predicted molar refractivity (Wildman–Crippen MR) is 106 cm³/mol. The topological polar surface area (TPSA) is 81.4 Å². The van der Waals surface area contributed by atoms with Gasteiger partial charge in [0.15, 0.2) is 0 Å². The Morgan fingerprint density at radius 2 is 2.10 bits per heavy atom. The van der Waals surface area contributed by atoms with Gasteiger partial charge in [-0.15, -0.1) is 0 Å². The number of carbonyl (C=O) groups is 1. The number of rotatable bonds is 3. The molecule has 1 aliphatic rings. The van der Waals surface area contributed by atoms with Crippen molar-refractivity contribution in [1.29, 1.82) is 0 Å². The standard InChI is InChI=1S/C22H19F3N2O4/c1-4-31-20(29)17-13(2)10-16-18(17)14(12-27(3)19(16)28)7-8-21(30,22(23,24)25)15-6-5-9-26-11-15/h5-6,9,11-12,30H,4,10H2,1-3H3. The molecular formula is C22H19F3N2O4. The summed E-state index contributed by atoms with van der Waals surface area (Å²) in [7, 11) is 1.43. The number of aliphatic hydroxyl groups is 1. The van der Waals surface area contributed by atoms with E-state index < -0.39 is 28.9 Å². The van der Waals surface area contributed by atoms with Crippen LogP contribution in [-0.2, 0) is 28.6 Å². The Morgan fingerprint density at radius 3 is 2.68 bits per heavy atom. The summed E-state index contributed by atoms with van der Waals surface area (Å²) in [6, 6.07) is 2.32. The Bertz CT molecular complexity index is 1190. The van der Waals surface area contributed by atoms with E-state index in [1.807, 2.05) is 5.92 Å². The first kappa shape index (κ1) is 22.3. The Morgan fingerprint density at radius 1 is 1.39 bits per heavy atom. The molecule has 0 fully saturated rings. The third-order valence-electron chi connectivity index (χ3n) is 4.94. The number of hydrogen-bond acceptors (Lipinski definition) is 5. The van der Waals surface area contributed by atoms with Crippen LogP contribution < -0.4 is 5.56 Å². The van der Waals surface area contributed by atoms with Crippen LogP contribution in [0.5, 0.6) is 0 Å². The number of aryl methyl sites for hydroxylation is 1. The van der Waals surface area contributed by atoms with Gasteiger partial charge >= 0.3 is 12.1 Å². The smallest absolute Gasteiger partial charge is 0.433 e. The number of carbonyl (C=O) groups excluding carboxylic acids is 1. The van der Waals surface area contributed by atoms with Crippen molar-refractivity contribution in [3.8, 4) is 11.8 Å². The minimum atomic E-state index is -5.12. The second-order valence-electron chi connectivity index (χ2n) is 7.06. The van der Waals surface area contributed by atoms with E-state index in [4.69, 9.17) is 4.74 Å². The molecule has 0 aliphatic heterocycles. The highest BCUT2D eigenvalue weighted by Gasteiger charge is 2.54. The molecule has 162 valence electrons. The number of aromatic nitrogens is 2. The summed E-state index contributed by atoms with van der Waals surface area (Å²) in [6.07, 6.45) is -1.58. The van der Waals surface area contributed by atoms with E-state index in [-0.39, 0.29) is 35.3 Å². The molecule has 2 aromatic rings. The van der Waals surface area contributed by atoms with Crippen LogP contribution in [-0.4, -0.2) is 33.4 Å². The molecule has 0 aromatic carbocycles. The van der Waals surface area contributed by atoms with Crippen molar-refractivity contribution in [2.75, 3.05) is 6.61 Å². The number of nitrogens with zero attached hydrogens (tertiary/aromatic N) is 2. The van der Waals surface area contributed by atoms with Gasteiger partial charge in [-0.1, -0.05) is 17.6 Å². The number of ether oxygens (including phenoxy) is 1. The lowest BCUT2D eigenvalue weighted by atomic mass is 9.94. The largest absolute Gasteiger partial charge is 0.462 e. The number of hydrogen-bond donors (Lipinski definition) is 1. The van der Waals surface area contributed by atoms with Gasteiger partial charge < -0.3 is 14.4 Å². The summed E-state index contributed by atoms with van der Waals surface area (Å²) < 4.78 is 47.5. The van der Waals surface area contributed by atoms with E-state index >= 15 is 0 Å². The van der Waals surface area contributed by atoms with Gasteiger partial charge in [0, 0.05) is 54.3 Å². The summed E-state index contributed by atoms with van der Waals surface area (Å²) in [4.78, 5) is 28.7. The van der Waals surface area contributed by atoms with Gasteiger partial charge in [0.25, 0.3) is 5.56 Å². The van der Waals surface area contributed by atoms with Gasteiger partial charge in [0.2, 0.25) is 5.60 Å². The second kappa shape index (κ2) is 8.04. The van der Waals surface area contributed by atoms with Crippen molar-refractivity contribution in [1.82, 2.24) is 9.55 Å². The molecule has 6 nitrogen and oxygen atoms in total. The quantitative estimate of drug-likeness (QED) is 0.595. The first-order valence-corrected chi connectivity index (χ1v) is 9.33. The van der Waals surface area contributed by atoms with Crippen LogP contribution in [0.1, 0.15) is 36.1 Å². The molecule has 9 heteroatoms. The molecule has 1 atom stereocenters. The van der Waals surface area contributed by atoms with Crippen LogP contribution in [0.3, 0.4) is 0 Å². The molecule has 1 unspecified atom stereocenters. The molecule has 2 heterocycles. The average molecular weight is 432 g/mol. The third-order valence-corrected chi connectivity index (χ3v) is 4.94.